The summed E-state index contributed by atoms with van der Waals surface area (Å²) in [5.41, 5.74) is 1.00. The maximum absolute atomic E-state index is 13.1. The molecule has 1 N–H and O–H groups in total. The first-order chi connectivity index (χ1) is 16.5. The number of thioether (sulfide) groups is 1. The van der Waals surface area contributed by atoms with E-state index in [2.05, 4.69) is 15.5 Å². The molecule has 0 fully saturated rings. The molecule has 0 radical (unpaired) electrons. The number of methoxy groups -OCH3 is 1. The summed E-state index contributed by atoms with van der Waals surface area (Å²) in [6.07, 6.45) is 3.32. The van der Waals surface area contributed by atoms with Crippen LogP contribution in [0.4, 0.5) is 5.69 Å². The lowest BCUT2D eigenvalue weighted by Crippen LogP contribution is -2.23. The van der Waals surface area contributed by atoms with Crippen LogP contribution in [0.2, 0.25) is 0 Å². The summed E-state index contributed by atoms with van der Waals surface area (Å²) in [6.45, 7) is 2.73. The zero-order valence-corrected chi connectivity index (χ0v) is 19.2. The topological polar surface area (TPSA) is 109 Å². The Bertz CT molecular complexity index is 1430. The first-order valence-corrected chi connectivity index (χ1v) is 11.4. The summed E-state index contributed by atoms with van der Waals surface area (Å²) >= 11 is 1.20. The second kappa shape index (κ2) is 9.10. The molecule has 1 atom stereocenters. The smallest absolute Gasteiger partial charge is 0.300 e. The normalized spacial score (nSPS) is 13.5. The van der Waals surface area contributed by atoms with Crippen LogP contribution in [0.5, 0.6) is 17.2 Å². The SMILES string of the molecule is COc1ccccc1-n1ccn2c(SC(C)C(=O)Nc3ccc4c(c3)OCCO4)nnc2c1=O. The minimum Gasteiger partial charge on any atom is -0.495 e. The number of fused-ring (bicyclic) bond motifs is 2. The highest BCUT2D eigenvalue weighted by atomic mass is 32.2. The Morgan fingerprint density at radius 2 is 1.91 bits per heavy atom. The van der Waals surface area contributed by atoms with Crippen LogP contribution in [0.1, 0.15) is 6.92 Å². The summed E-state index contributed by atoms with van der Waals surface area (Å²) in [5, 5.41) is 11.0. The maximum Gasteiger partial charge on any atom is 0.300 e. The molecule has 10 nitrogen and oxygen atoms in total. The monoisotopic (exact) mass is 479 g/mol. The number of carbonyl (C=O) groups excluding carboxylic acids is 1. The van der Waals surface area contributed by atoms with Crippen molar-refractivity contribution in [3.05, 3.63) is 65.2 Å². The molecule has 4 aromatic rings. The number of nitrogens with zero attached hydrogens (tertiary/aromatic N) is 4. The van der Waals surface area contributed by atoms with Crippen molar-refractivity contribution in [1.29, 1.82) is 0 Å². The summed E-state index contributed by atoms with van der Waals surface area (Å²) in [4.78, 5) is 25.8. The number of hydrogen-bond acceptors (Lipinski definition) is 8. The van der Waals surface area contributed by atoms with Crippen LogP contribution < -0.4 is 25.1 Å². The van der Waals surface area contributed by atoms with Crippen LogP contribution in [0, 0.1) is 0 Å². The van der Waals surface area contributed by atoms with Crippen molar-refractivity contribution in [3.63, 3.8) is 0 Å². The Labute approximate surface area is 198 Å². The third-order valence-corrected chi connectivity index (χ3v) is 6.30. The van der Waals surface area contributed by atoms with Gasteiger partial charge in [-0.25, -0.2) is 0 Å². The van der Waals surface area contributed by atoms with Crippen molar-refractivity contribution in [3.8, 4) is 22.9 Å². The number of amides is 1. The first-order valence-electron chi connectivity index (χ1n) is 10.5. The van der Waals surface area contributed by atoms with Crippen LogP contribution in [0.25, 0.3) is 11.3 Å². The Morgan fingerprint density at radius 1 is 1.12 bits per heavy atom. The van der Waals surface area contributed by atoms with Gasteiger partial charge in [0.2, 0.25) is 11.6 Å². The molecular weight excluding hydrogens is 458 g/mol. The van der Waals surface area contributed by atoms with Crippen LogP contribution in [-0.4, -0.2) is 50.6 Å². The number of hydrogen-bond donors (Lipinski definition) is 1. The van der Waals surface area contributed by atoms with E-state index in [1.807, 2.05) is 12.1 Å². The van der Waals surface area contributed by atoms with Crippen molar-refractivity contribution >= 4 is 29.0 Å². The van der Waals surface area contributed by atoms with Crippen molar-refractivity contribution in [2.45, 2.75) is 17.3 Å². The van der Waals surface area contributed by atoms with Crippen LogP contribution >= 0.6 is 11.8 Å². The highest BCUT2D eigenvalue weighted by molar-refractivity contribution is 8.00. The van der Waals surface area contributed by atoms with E-state index in [1.165, 1.54) is 16.3 Å². The molecule has 5 rings (SSSR count). The molecule has 0 saturated carbocycles. The molecule has 0 spiro atoms. The summed E-state index contributed by atoms with van der Waals surface area (Å²) in [5.74, 6) is 1.59. The molecule has 1 unspecified atom stereocenters. The molecule has 0 bridgehead atoms. The predicted octanol–water partition coefficient (Wildman–Crippen LogP) is 2.78. The van der Waals surface area contributed by atoms with Gasteiger partial charge in [0.05, 0.1) is 18.0 Å². The Kier molecular flexibility index (Phi) is 5.84. The lowest BCUT2D eigenvalue weighted by Gasteiger charge is -2.19. The molecule has 0 aliphatic carbocycles. The van der Waals surface area contributed by atoms with Gasteiger partial charge in [-0.3, -0.25) is 18.6 Å². The first kappa shape index (κ1) is 21.8. The van der Waals surface area contributed by atoms with Crippen molar-refractivity contribution in [2.24, 2.45) is 0 Å². The quantitative estimate of drug-likeness (QED) is 0.421. The van der Waals surface area contributed by atoms with E-state index in [4.69, 9.17) is 14.2 Å². The Morgan fingerprint density at radius 3 is 2.74 bits per heavy atom. The molecule has 0 saturated heterocycles. The number of carbonyl (C=O) groups is 1. The van der Waals surface area contributed by atoms with E-state index >= 15 is 0 Å². The molecular formula is C23H21N5O5S. The summed E-state index contributed by atoms with van der Waals surface area (Å²) in [7, 11) is 1.55. The number of ether oxygens (including phenoxy) is 3. The van der Waals surface area contributed by atoms with Gasteiger partial charge in [0.25, 0.3) is 0 Å². The Balaban J connectivity index is 1.35. The average Bonchev–Trinajstić information content (AvgIpc) is 3.27. The molecule has 1 aliphatic heterocycles. The average molecular weight is 480 g/mol. The fourth-order valence-electron chi connectivity index (χ4n) is 3.54. The third-order valence-electron chi connectivity index (χ3n) is 5.25. The number of rotatable bonds is 6. The van der Waals surface area contributed by atoms with Gasteiger partial charge in [-0.1, -0.05) is 23.9 Å². The molecule has 1 amide bonds. The third kappa shape index (κ3) is 4.05. The number of aromatic nitrogens is 4. The van der Waals surface area contributed by atoms with Crippen LogP contribution in [-0.2, 0) is 4.79 Å². The molecule has 1 aliphatic rings. The molecule has 2 aromatic heterocycles. The number of anilines is 1. The second-order valence-corrected chi connectivity index (χ2v) is 8.74. The van der Waals surface area contributed by atoms with Gasteiger partial charge in [0.1, 0.15) is 19.0 Å². The van der Waals surface area contributed by atoms with E-state index in [9.17, 15) is 9.59 Å². The molecule has 2 aromatic carbocycles. The minimum absolute atomic E-state index is 0.148. The van der Waals surface area contributed by atoms with E-state index < -0.39 is 5.25 Å². The predicted molar refractivity (Wildman–Crippen MR) is 127 cm³/mol. The lowest BCUT2D eigenvalue weighted by atomic mass is 10.2. The van der Waals surface area contributed by atoms with Gasteiger partial charge in [-0.15, -0.1) is 10.2 Å². The zero-order valence-electron chi connectivity index (χ0n) is 18.4. The summed E-state index contributed by atoms with van der Waals surface area (Å²) < 4.78 is 19.5. The van der Waals surface area contributed by atoms with Crippen LogP contribution in [0.15, 0.2) is 64.8 Å². The second-order valence-electron chi connectivity index (χ2n) is 7.43. The van der Waals surface area contributed by atoms with Gasteiger partial charge >= 0.3 is 5.56 Å². The molecule has 174 valence electrons. The highest BCUT2D eigenvalue weighted by Crippen LogP contribution is 2.33. The number of nitrogens with one attached hydrogen (secondary N) is 1. The van der Waals surface area contributed by atoms with Gasteiger partial charge < -0.3 is 19.5 Å². The highest BCUT2D eigenvalue weighted by Gasteiger charge is 2.21. The summed E-state index contributed by atoms with van der Waals surface area (Å²) in [6, 6.07) is 12.5. The van der Waals surface area contributed by atoms with Gasteiger partial charge in [-0.2, -0.15) is 0 Å². The van der Waals surface area contributed by atoms with Crippen molar-refractivity contribution in [2.75, 3.05) is 25.6 Å². The molecule has 11 heteroatoms. The Hall–Kier alpha value is -3.99. The largest absolute Gasteiger partial charge is 0.495 e. The number of para-hydroxylation sites is 2. The zero-order chi connectivity index (χ0) is 23.7. The van der Waals surface area contributed by atoms with Crippen molar-refractivity contribution < 1.29 is 19.0 Å². The van der Waals surface area contributed by atoms with Gasteiger partial charge in [0.15, 0.2) is 16.7 Å². The van der Waals surface area contributed by atoms with E-state index in [1.54, 1.807) is 61.2 Å². The van der Waals surface area contributed by atoms with E-state index in [0.29, 0.717) is 47.0 Å². The van der Waals surface area contributed by atoms with E-state index in [0.717, 1.165) is 0 Å². The van der Waals surface area contributed by atoms with Gasteiger partial charge in [-0.05, 0) is 31.2 Å². The maximum atomic E-state index is 13.1. The number of benzene rings is 2. The standard InChI is InChI=1S/C23H21N5O5S/c1-14(21(29)24-15-7-8-18-19(13-15)33-12-11-32-18)34-23-26-25-20-22(30)27(9-10-28(20)23)16-5-3-4-6-17(16)31-2/h3-10,13-14H,11-12H2,1-2H3,(H,24,29). The van der Waals surface area contributed by atoms with Gasteiger partial charge in [0, 0.05) is 24.1 Å². The van der Waals surface area contributed by atoms with E-state index in [-0.39, 0.29) is 17.1 Å². The fourth-order valence-corrected chi connectivity index (χ4v) is 4.37. The molecule has 3 heterocycles. The van der Waals surface area contributed by atoms with Crippen molar-refractivity contribution in [1.82, 2.24) is 19.2 Å². The minimum atomic E-state index is -0.503. The lowest BCUT2D eigenvalue weighted by molar-refractivity contribution is -0.115. The van der Waals surface area contributed by atoms with Crippen LogP contribution in [0.3, 0.4) is 0 Å². The molecule has 34 heavy (non-hydrogen) atoms. The fraction of sp³-hybridized carbons (Fsp3) is 0.217.